The molecule has 1 N–H and O–H groups in total. The summed E-state index contributed by atoms with van der Waals surface area (Å²) in [6.07, 6.45) is 1.43. The van der Waals surface area contributed by atoms with Crippen molar-refractivity contribution in [1.29, 1.82) is 0 Å². The number of amides is 1. The Morgan fingerprint density at radius 2 is 2.00 bits per heavy atom. The summed E-state index contributed by atoms with van der Waals surface area (Å²) in [6, 6.07) is 3.27. The van der Waals surface area contributed by atoms with Crippen molar-refractivity contribution in [3.8, 4) is 0 Å². The molecule has 0 aromatic heterocycles. The summed E-state index contributed by atoms with van der Waals surface area (Å²) in [6.45, 7) is 3.54. The van der Waals surface area contributed by atoms with E-state index in [0.29, 0.717) is 0 Å². The second-order valence-corrected chi connectivity index (χ2v) is 2.60. The van der Waals surface area contributed by atoms with Crippen LogP contribution >= 0.6 is 0 Å². The summed E-state index contributed by atoms with van der Waals surface area (Å²) in [5, 5.41) is 2.29. The maximum atomic E-state index is 13.0. The van der Waals surface area contributed by atoms with Crippen LogP contribution in [-0.4, -0.2) is 12.5 Å². The SMILES string of the molecule is C=CCNC(=O)c1c(F)cccc1F. The molecular weight excluding hydrogens is 188 g/mol. The van der Waals surface area contributed by atoms with Gasteiger partial charge in [0.25, 0.3) is 5.91 Å². The number of rotatable bonds is 3. The van der Waals surface area contributed by atoms with Gasteiger partial charge in [-0.05, 0) is 12.1 Å². The molecule has 0 aliphatic heterocycles. The molecule has 0 spiro atoms. The van der Waals surface area contributed by atoms with Gasteiger partial charge in [0.05, 0.1) is 0 Å². The van der Waals surface area contributed by atoms with E-state index in [9.17, 15) is 13.6 Å². The molecule has 1 aromatic carbocycles. The summed E-state index contributed by atoms with van der Waals surface area (Å²) in [5.74, 6) is -2.52. The zero-order valence-electron chi connectivity index (χ0n) is 7.39. The van der Waals surface area contributed by atoms with Gasteiger partial charge in [0.1, 0.15) is 17.2 Å². The fraction of sp³-hybridized carbons (Fsp3) is 0.100. The van der Waals surface area contributed by atoms with Crippen LogP contribution in [0.4, 0.5) is 8.78 Å². The van der Waals surface area contributed by atoms with E-state index in [0.717, 1.165) is 12.1 Å². The summed E-state index contributed by atoms with van der Waals surface area (Å²) in [5.41, 5.74) is -0.561. The maximum Gasteiger partial charge on any atom is 0.257 e. The second kappa shape index (κ2) is 4.50. The first-order valence-corrected chi connectivity index (χ1v) is 4.00. The molecule has 1 rings (SSSR count). The van der Waals surface area contributed by atoms with E-state index in [2.05, 4.69) is 11.9 Å². The number of halogens is 2. The van der Waals surface area contributed by atoms with Crippen molar-refractivity contribution in [2.24, 2.45) is 0 Å². The van der Waals surface area contributed by atoms with Crippen LogP contribution in [0, 0.1) is 11.6 Å². The lowest BCUT2D eigenvalue weighted by Gasteiger charge is -2.04. The second-order valence-electron chi connectivity index (χ2n) is 2.60. The van der Waals surface area contributed by atoms with E-state index in [4.69, 9.17) is 0 Å². The third-order valence-corrected chi connectivity index (χ3v) is 1.60. The molecule has 74 valence electrons. The minimum absolute atomic E-state index is 0.173. The van der Waals surface area contributed by atoms with Crippen LogP contribution < -0.4 is 5.32 Å². The molecule has 0 bridgehead atoms. The molecule has 1 amide bonds. The largest absolute Gasteiger partial charge is 0.348 e. The molecule has 1 aromatic rings. The molecule has 0 aliphatic rings. The molecule has 0 saturated carbocycles. The minimum atomic E-state index is -0.869. The number of carbonyl (C=O) groups excluding carboxylic acids is 1. The van der Waals surface area contributed by atoms with Crippen molar-refractivity contribution in [3.05, 3.63) is 48.1 Å². The topological polar surface area (TPSA) is 29.1 Å². The molecule has 4 heteroatoms. The Bertz CT molecular complexity index is 343. The van der Waals surface area contributed by atoms with E-state index in [1.807, 2.05) is 0 Å². The normalized spacial score (nSPS) is 9.57. The van der Waals surface area contributed by atoms with Crippen molar-refractivity contribution < 1.29 is 13.6 Å². The number of nitrogens with one attached hydrogen (secondary N) is 1. The number of hydrogen-bond donors (Lipinski definition) is 1. The van der Waals surface area contributed by atoms with Gasteiger partial charge in [0.15, 0.2) is 0 Å². The van der Waals surface area contributed by atoms with Crippen LogP contribution in [0.2, 0.25) is 0 Å². The van der Waals surface area contributed by atoms with Gasteiger partial charge < -0.3 is 5.32 Å². The summed E-state index contributed by atoms with van der Waals surface area (Å²) in [4.78, 5) is 11.2. The van der Waals surface area contributed by atoms with Crippen LogP contribution in [0.15, 0.2) is 30.9 Å². The Balaban J connectivity index is 2.94. The average molecular weight is 197 g/mol. The third-order valence-electron chi connectivity index (χ3n) is 1.60. The monoisotopic (exact) mass is 197 g/mol. The molecular formula is C10H9F2NO. The van der Waals surface area contributed by atoms with Crippen molar-refractivity contribution in [3.63, 3.8) is 0 Å². The van der Waals surface area contributed by atoms with E-state index >= 15 is 0 Å². The van der Waals surface area contributed by atoms with Gasteiger partial charge in [-0.1, -0.05) is 12.1 Å². The Morgan fingerprint density at radius 1 is 1.43 bits per heavy atom. The van der Waals surface area contributed by atoms with Crippen molar-refractivity contribution in [2.75, 3.05) is 6.54 Å². The van der Waals surface area contributed by atoms with Gasteiger partial charge in [0.2, 0.25) is 0 Å². The average Bonchev–Trinajstić information content (AvgIpc) is 2.14. The van der Waals surface area contributed by atoms with E-state index < -0.39 is 23.1 Å². The van der Waals surface area contributed by atoms with E-state index in [1.54, 1.807) is 0 Å². The molecule has 2 nitrogen and oxygen atoms in total. The lowest BCUT2D eigenvalue weighted by atomic mass is 10.2. The molecule has 0 radical (unpaired) electrons. The molecule has 0 heterocycles. The Kier molecular flexibility index (Phi) is 3.34. The summed E-state index contributed by atoms with van der Waals surface area (Å²) in [7, 11) is 0. The molecule has 14 heavy (non-hydrogen) atoms. The van der Waals surface area contributed by atoms with E-state index in [1.165, 1.54) is 12.1 Å². The van der Waals surface area contributed by atoms with Crippen molar-refractivity contribution in [2.45, 2.75) is 0 Å². The smallest absolute Gasteiger partial charge is 0.257 e. The quantitative estimate of drug-likeness (QED) is 0.736. The van der Waals surface area contributed by atoms with Crippen LogP contribution in [0.3, 0.4) is 0 Å². The number of hydrogen-bond acceptors (Lipinski definition) is 1. The van der Waals surface area contributed by atoms with Gasteiger partial charge >= 0.3 is 0 Å². The standard InChI is InChI=1S/C10H9F2NO/c1-2-6-13-10(14)9-7(11)4-3-5-8(9)12/h2-5H,1,6H2,(H,13,14). The Morgan fingerprint density at radius 3 is 2.50 bits per heavy atom. The van der Waals surface area contributed by atoms with Gasteiger partial charge in [0, 0.05) is 6.54 Å². The molecule has 0 fully saturated rings. The Hall–Kier alpha value is -1.71. The molecule has 0 unspecified atom stereocenters. The van der Waals surface area contributed by atoms with Crippen LogP contribution in [0.5, 0.6) is 0 Å². The first kappa shape index (κ1) is 10.4. The highest BCUT2D eigenvalue weighted by molar-refractivity contribution is 5.94. The number of benzene rings is 1. The van der Waals surface area contributed by atoms with Gasteiger partial charge in [-0.15, -0.1) is 6.58 Å². The highest BCUT2D eigenvalue weighted by atomic mass is 19.1. The number of carbonyl (C=O) groups is 1. The predicted octanol–water partition coefficient (Wildman–Crippen LogP) is 1.88. The first-order valence-electron chi connectivity index (χ1n) is 4.00. The lowest BCUT2D eigenvalue weighted by Crippen LogP contribution is -2.25. The zero-order chi connectivity index (χ0) is 10.6. The molecule has 0 atom stereocenters. The highest BCUT2D eigenvalue weighted by Crippen LogP contribution is 2.11. The highest BCUT2D eigenvalue weighted by Gasteiger charge is 2.15. The fourth-order valence-corrected chi connectivity index (χ4v) is 0.968. The fourth-order valence-electron chi connectivity index (χ4n) is 0.968. The van der Waals surface area contributed by atoms with Gasteiger partial charge in [-0.2, -0.15) is 0 Å². The Labute approximate surface area is 80.2 Å². The van der Waals surface area contributed by atoms with Crippen LogP contribution in [0.1, 0.15) is 10.4 Å². The van der Waals surface area contributed by atoms with E-state index in [-0.39, 0.29) is 6.54 Å². The first-order chi connectivity index (χ1) is 6.66. The zero-order valence-corrected chi connectivity index (χ0v) is 7.39. The van der Waals surface area contributed by atoms with Crippen molar-refractivity contribution in [1.82, 2.24) is 5.32 Å². The maximum absolute atomic E-state index is 13.0. The summed E-state index contributed by atoms with van der Waals surface area (Å²) < 4.78 is 26.0. The predicted molar refractivity (Wildman–Crippen MR) is 48.9 cm³/mol. The third kappa shape index (κ3) is 2.16. The van der Waals surface area contributed by atoms with Crippen molar-refractivity contribution >= 4 is 5.91 Å². The lowest BCUT2D eigenvalue weighted by molar-refractivity contribution is 0.0949. The van der Waals surface area contributed by atoms with Gasteiger partial charge in [-0.25, -0.2) is 8.78 Å². The summed E-state index contributed by atoms with van der Waals surface area (Å²) >= 11 is 0. The molecule has 0 saturated heterocycles. The van der Waals surface area contributed by atoms with Crippen LogP contribution in [0.25, 0.3) is 0 Å². The van der Waals surface area contributed by atoms with Crippen LogP contribution in [-0.2, 0) is 0 Å². The minimum Gasteiger partial charge on any atom is -0.348 e. The van der Waals surface area contributed by atoms with Gasteiger partial charge in [-0.3, -0.25) is 4.79 Å². The molecule has 0 aliphatic carbocycles.